The first-order chi connectivity index (χ1) is 24.9. The number of amides is 2. The zero-order valence-electron chi connectivity index (χ0n) is 32.7. The highest BCUT2D eigenvalue weighted by atomic mass is 16.6. The molecule has 0 aliphatic carbocycles. The Bertz CT molecular complexity index is 1970. The highest BCUT2D eigenvalue weighted by Gasteiger charge is 2.28. The number of esters is 2. The molecule has 1 atom stereocenters. The molecule has 0 unspecified atom stereocenters. The van der Waals surface area contributed by atoms with Gasteiger partial charge < -0.3 is 29.6 Å². The second-order valence-electron chi connectivity index (χ2n) is 15.6. The minimum absolute atomic E-state index is 0.211. The maximum Gasteiger partial charge on any atom is 0.408 e. The quantitative estimate of drug-likeness (QED) is 0.0792. The topological polar surface area (TPSA) is 129 Å². The molecule has 10 heteroatoms. The summed E-state index contributed by atoms with van der Waals surface area (Å²) in [5.74, 6) is -0.753. The third-order valence-corrected chi connectivity index (χ3v) is 8.42. The monoisotopic (exact) mass is 726 g/mol. The number of methoxy groups -OCH3 is 1. The molecule has 4 aromatic rings. The minimum atomic E-state index is -0.837. The summed E-state index contributed by atoms with van der Waals surface area (Å²) in [6.45, 7) is 16.9. The first kappa shape index (κ1) is 40.6. The van der Waals surface area contributed by atoms with Crippen LogP contribution in [0.25, 0.3) is 32.7 Å². The molecular formula is C43H54N2O8. The van der Waals surface area contributed by atoms with E-state index in [9.17, 15) is 19.2 Å². The van der Waals surface area contributed by atoms with Gasteiger partial charge >= 0.3 is 18.0 Å². The van der Waals surface area contributed by atoms with E-state index in [0.717, 1.165) is 39.9 Å². The van der Waals surface area contributed by atoms with Gasteiger partial charge in [0.25, 0.3) is 0 Å². The number of alkyl carbamates (subject to hydrolysis) is 1. The van der Waals surface area contributed by atoms with Crippen LogP contribution in [0.4, 0.5) is 10.5 Å². The van der Waals surface area contributed by atoms with Crippen LogP contribution in [0.3, 0.4) is 0 Å². The van der Waals surface area contributed by atoms with Gasteiger partial charge in [-0.1, -0.05) is 63.6 Å². The molecule has 2 amide bonds. The lowest BCUT2D eigenvalue weighted by Crippen LogP contribution is -2.48. The predicted molar refractivity (Wildman–Crippen MR) is 209 cm³/mol. The molecule has 0 heterocycles. The van der Waals surface area contributed by atoms with Crippen molar-refractivity contribution in [2.75, 3.05) is 19.0 Å². The van der Waals surface area contributed by atoms with E-state index < -0.39 is 29.3 Å². The molecule has 0 saturated carbocycles. The van der Waals surface area contributed by atoms with Crippen LogP contribution in [0.1, 0.15) is 97.5 Å². The van der Waals surface area contributed by atoms with Gasteiger partial charge in [-0.2, -0.15) is 0 Å². The van der Waals surface area contributed by atoms with Crippen LogP contribution in [0.5, 0.6) is 5.75 Å². The fourth-order valence-corrected chi connectivity index (χ4v) is 5.96. The Labute approximate surface area is 312 Å². The Morgan fingerprint density at radius 2 is 1.42 bits per heavy atom. The van der Waals surface area contributed by atoms with Crippen LogP contribution < -0.4 is 15.4 Å². The molecule has 2 N–H and O–H groups in total. The summed E-state index contributed by atoms with van der Waals surface area (Å²) in [6, 6.07) is 18.0. The summed E-state index contributed by atoms with van der Waals surface area (Å²) in [5, 5.41) is 8.90. The number of fused-ring (bicyclic) bond motifs is 2. The zero-order valence-corrected chi connectivity index (χ0v) is 32.7. The fourth-order valence-electron chi connectivity index (χ4n) is 5.96. The lowest BCUT2D eigenvalue weighted by atomic mass is 9.88. The number of unbranched alkanes of at least 4 members (excludes halogenated alkanes) is 1. The van der Waals surface area contributed by atoms with Crippen molar-refractivity contribution in [3.05, 3.63) is 71.8 Å². The number of benzene rings is 4. The number of hydrogen-bond donors (Lipinski definition) is 2. The minimum Gasteiger partial charge on any atom is -0.496 e. The molecule has 53 heavy (non-hydrogen) atoms. The van der Waals surface area contributed by atoms with Gasteiger partial charge in [0, 0.05) is 23.2 Å². The maximum atomic E-state index is 13.8. The van der Waals surface area contributed by atoms with Crippen LogP contribution in [-0.4, -0.2) is 54.9 Å². The molecule has 10 nitrogen and oxygen atoms in total. The SMILES string of the molecule is CCCCOC(=O)CCc1ccc2c(-c3c(OC)ccc4cc(NC(=O)[C@@H](NC(=O)OC(C)(C)C)C(C)C)ccc34)c(C(=O)OC(C)(C)C)ccc2c1. The molecule has 284 valence electrons. The third kappa shape index (κ3) is 10.9. The van der Waals surface area contributed by atoms with Crippen LogP contribution in [0.15, 0.2) is 60.7 Å². The van der Waals surface area contributed by atoms with Crippen LogP contribution in [0.2, 0.25) is 0 Å². The number of carbonyl (C=O) groups is 4. The van der Waals surface area contributed by atoms with Gasteiger partial charge in [0.2, 0.25) is 5.91 Å². The van der Waals surface area contributed by atoms with E-state index in [1.165, 1.54) is 0 Å². The van der Waals surface area contributed by atoms with Gasteiger partial charge in [0.1, 0.15) is 23.0 Å². The maximum absolute atomic E-state index is 13.8. The summed E-state index contributed by atoms with van der Waals surface area (Å²) in [4.78, 5) is 52.1. The zero-order chi connectivity index (χ0) is 39.1. The number of nitrogens with one attached hydrogen (secondary N) is 2. The molecule has 0 aliphatic heterocycles. The van der Waals surface area contributed by atoms with Crippen molar-refractivity contribution in [1.82, 2.24) is 5.32 Å². The van der Waals surface area contributed by atoms with Gasteiger partial charge in [0.15, 0.2) is 0 Å². The van der Waals surface area contributed by atoms with E-state index in [-0.39, 0.29) is 24.2 Å². The van der Waals surface area contributed by atoms with Crippen molar-refractivity contribution in [3.63, 3.8) is 0 Å². The lowest BCUT2D eigenvalue weighted by molar-refractivity contribution is -0.143. The number of carbonyl (C=O) groups excluding carboxylic acids is 4. The molecule has 4 aromatic carbocycles. The molecule has 0 radical (unpaired) electrons. The second-order valence-corrected chi connectivity index (χ2v) is 15.6. The molecular weight excluding hydrogens is 672 g/mol. The van der Waals surface area contributed by atoms with E-state index in [4.69, 9.17) is 18.9 Å². The summed E-state index contributed by atoms with van der Waals surface area (Å²) < 4.78 is 22.5. The van der Waals surface area contributed by atoms with Crippen molar-refractivity contribution < 1.29 is 38.1 Å². The normalized spacial score (nSPS) is 12.4. The average Bonchev–Trinajstić information content (AvgIpc) is 3.07. The van der Waals surface area contributed by atoms with E-state index in [2.05, 4.69) is 17.6 Å². The number of ether oxygens (including phenoxy) is 4. The molecule has 0 fully saturated rings. The van der Waals surface area contributed by atoms with Crippen molar-refractivity contribution in [1.29, 1.82) is 0 Å². The standard InChI is InChI=1S/C43H54N2O8/c1-11-12-23-51-35(46)22-14-27-13-18-31-28(24-27)15-19-33(40(48)52-42(4,5)6)36(31)37-32-20-17-30(25-29(32)16-21-34(37)50-10)44-39(47)38(26(2)3)45-41(49)53-43(7,8)9/h13,15-21,24-26,38H,11-12,14,22-23H2,1-10H3,(H,44,47)(H,45,49)/t38-/m0/s1. The largest absolute Gasteiger partial charge is 0.496 e. The Morgan fingerprint density at radius 1 is 0.774 bits per heavy atom. The Hall–Kier alpha value is -5.12. The predicted octanol–water partition coefficient (Wildman–Crippen LogP) is 9.39. The molecule has 0 aromatic heterocycles. The average molecular weight is 727 g/mol. The number of anilines is 1. The fraction of sp³-hybridized carbons (Fsp3) is 0.442. The molecule has 0 aliphatic rings. The molecule has 4 rings (SSSR count). The van der Waals surface area contributed by atoms with Gasteiger partial charge in [0.05, 0.1) is 19.3 Å². The summed E-state index contributed by atoms with van der Waals surface area (Å²) >= 11 is 0. The van der Waals surface area contributed by atoms with Crippen molar-refractivity contribution in [2.45, 2.75) is 105 Å². The van der Waals surface area contributed by atoms with E-state index >= 15 is 0 Å². The van der Waals surface area contributed by atoms with Crippen molar-refractivity contribution >= 4 is 51.2 Å². The first-order valence-corrected chi connectivity index (χ1v) is 18.3. The molecule has 0 spiro atoms. The van der Waals surface area contributed by atoms with Crippen molar-refractivity contribution in [3.8, 4) is 16.9 Å². The number of rotatable bonds is 13. The smallest absolute Gasteiger partial charge is 0.408 e. The van der Waals surface area contributed by atoms with Crippen molar-refractivity contribution in [2.24, 2.45) is 5.92 Å². The highest BCUT2D eigenvalue weighted by molar-refractivity contribution is 6.15. The van der Waals surface area contributed by atoms with Crippen LogP contribution in [0, 0.1) is 5.92 Å². The second kappa shape index (κ2) is 17.1. The third-order valence-electron chi connectivity index (χ3n) is 8.42. The van der Waals surface area contributed by atoms with E-state index in [1.807, 2.05) is 83.1 Å². The van der Waals surface area contributed by atoms with Crippen LogP contribution >= 0.6 is 0 Å². The van der Waals surface area contributed by atoms with Gasteiger partial charge in [-0.15, -0.1) is 0 Å². The number of aryl methyl sites for hydroxylation is 1. The van der Waals surface area contributed by atoms with Gasteiger partial charge in [-0.25, -0.2) is 9.59 Å². The number of hydrogen-bond acceptors (Lipinski definition) is 8. The Balaban J connectivity index is 1.78. The Morgan fingerprint density at radius 3 is 2.06 bits per heavy atom. The van der Waals surface area contributed by atoms with E-state index in [1.54, 1.807) is 40.0 Å². The first-order valence-electron chi connectivity index (χ1n) is 18.3. The van der Waals surface area contributed by atoms with Gasteiger partial charge in [-0.05, 0) is 112 Å². The van der Waals surface area contributed by atoms with Gasteiger partial charge in [-0.3, -0.25) is 9.59 Å². The molecule has 0 bridgehead atoms. The lowest BCUT2D eigenvalue weighted by Gasteiger charge is -2.25. The summed E-state index contributed by atoms with van der Waals surface area (Å²) in [7, 11) is 1.58. The molecule has 0 saturated heterocycles. The Kier molecular flexibility index (Phi) is 13.1. The van der Waals surface area contributed by atoms with Crippen LogP contribution in [-0.2, 0) is 30.2 Å². The summed E-state index contributed by atoms with van der Waals surface area (Å²) in [5.41, 5.74) is 1.75. The summed E-state index contributed by atoms with van der Waals surface area (Å²) in [6.07, 6.45) is 1.90. The highest BCUT2D eigenvalue weighted by Crippen LogP contribution is 2.43. The van der Waals surface area contributed by atoms with E-state index in [0.29, 0.717) is 41.2 Å².